The van der Waals surface area contributed by atoms with Crippen molar-refractivity contribution in [2.24, 2.45) is 5.41 Å². The number of ether oxygens (including phenoxy) is 2. The van der Waals surface area contributed by atoms with Crippen LogP contribution in [0, 0.1) is 11.2 Å². The largest absolute Gasteiger partial charge is 0.490 e. The first-order chi connectivity index (χ1) is 17.0. The van der Waals surface area contributed by atoms with Gasteiger partial charge in [-0.1, -0.05) is 0 Å². The molecule has 1 unspecified atom stereocenters. The lowest BCUT2D eigenvalue weighted by molar-refractivity contribution is -0.0351. The van der Waals surface area contributed by atoms with Gasteiger partial charge in [0.25, 0.3) is 0 Å². The second-order valence-electron chi connectivity index (χ2n) is 9.71. The number of rotatable bonds is 6. The summed E-state index contributed by atoms with van der Waals surface area (Å²) in [6.07, 6.45) is 8.55. The highest BCUT2D eigenvalue weighted by atomic mass is 19.1. The minimum absolute atomic E-state index is 0.140. The van der Waals surface area contributed by atoms with Crippen molar-refractivity contribution in [3.63, 3.8) is 0 Å². The number of fused-ring (bicyclic) bond motifs is 1. The highest BCUT2D eigenvalue weighted by Crippen LogP contribution is 2.52. The van der Waals surface area contributed by atoms with Crippen LogP contribution < -0.4 is 19.7 Å². The molecule has 6 rings (SSSR count). The molecule has 1 saturated carbocycles. The van der Waals surface area contributed by atoms with Crippen molar-refractivity contribution in [1.82, 2.24) is 20.3 Å². The molecule has 1 spiro atoms. The van der Waals surface area contributed by atoms with Crippen LogP contribution in [0.3, 0.4) is 0 Å². The number of anilines is 1. The molecule has 2 aromatic heterocycles. The Morgan fingerprint density at radius 2 is 2.03 bits per heavy atom. The van der Waals surface area contributed by atoms with Gasteiger partial charge in [0.05, 0.1) is 17.5 Å². The maximum Gasteiger partial charge on any atom is 0.188 e. The Morgan fingerprint density at radius 3 is 2.86 bits per heavy atom. The maximum atomic E-state index is 13.5. The van der Waals surface area contributed by atoms with Crippen LogP contribution in [0.15, 0.2) is 43.0 Å². The number of hydrogen-bond donors (Lipinski definition) is 1. The fourth-order valence-corrected chi connectivity index (χ4v) is 5.55. The molecule has 3 aromatic rings. The molecule has 3 aliphatic rings. The summed E-state index contributed by atoms with van der Waals surface area (Å²) in [5, 5.41) is 3.49. The van der Waals surface area contributed by atoms with Gasteiger partial charge in [-0.3, -0.25) is 9.78 Å². The molecule has 2 fully saturated rings. The highest BCUT2D eigenvalue weighted by Gasteiger charge is 2.54. The highest BCUT2D eigenvalue weighted by molar-refractivity contribution is 5.79. The summed E-state index contributed by atoms with van der Waals surface area (Å²) in [5.74, 6) is 1.83. The van der Waals surface area contributed by atoms with Crippen LogP contribution in [-0.4, -0.2) is 47.0 Å². The third-order valence-corrected chi connectivity index (χ3v) is 7.22. The number of benzene rings is 1. The monoisotopic (exact) mass is 475 g/mol. The molecule has 8 nitrogen and oxygen atoms in total. The average molecular weight is 476 g/mol. The molecule has 0 bridgehead atoms. The summed E-state index contributed by atoms with van der Waals surface area (Å²) in [6.45, 7) is 4.79. The number of aromatic nitrogens is 3. The number of carbonyl (C=O) groups excluding carboxylic acids is 1. The van der Waals surface area contributed by atoms with E-state index in [0.717, 1.165) is 56.4 Å². The van der Waals surface area contributed by atoms with Gasteiger partial charge in [-0.05, 0) is 44.0 Å². The smallest absolute Gasteiger partial charge is 0.188 e. The maximum absolute atomic E-state index is 13.5. The summed E-state index contributed by atoms with van der Waals surface area (Å²) in [4.78, 5) is 26.5. The summed E-state index contributed by atoms with van der Waals surface area (Å²) in [6, 6.07) is 6.07. The molecule has 1 saturated heterocycles. The average Bonchev–Trinajstić information content (AvgIpc) is 2.81. The predicted octanol–water partition coefficient (Wildman–Crippen LogP) is 3.87. The number of hydrogen-bond acceptors (Lipinski definition) is 8. The molecule has 4 heterocycles. The van der Waals surface area contributed by atoms with E-state index in [2.05, 4.69) is 32.1 Å². The van der Waals surface area contributed by atoms with E-state index in [1.54, 1.807) is 6.20 Å². The number of halogens is 1. The van der Waals surface area contributed by atoms with Crippen molar-refractivity contribution < 1.29 is 18.7 Å². The van der Waals surface area contributed by atoms with Gasteiger partial charge in [0.2, 0.25) is 0 Å². The quantitative estimate of drug-likeness (QED) is 0.538. The molecule has 1 aromatic carbocycles. The van der Waals surface area contributed by atoms with E-state index in [1.165, 1.54) is 24.0 Å². The first kappa shape index (κ1) is 21.9. The van der Waals surface area contributed by atoms with Gasteiger partial charge in [0.1, 0.15) is 29.7 Å². The molecule has 1 N–H and O–H groups in total. The lowest BCUT2D eigenvalue weighted by Crippen LogP contribution is -2.65. The van der Waals surface area contributed by atoms with E-state index >= 15 is 0 Å². The van der Waals surface area contributed by atoms with Crippen LogP contribution in [0.4, 0.5) is 10.2 Å². The second-order valence-corrected chi connectivity index (χ2v) is 9.71. The van der Waals surface area contributed by atoms with Gasteiger partial charge < -0.3 is 19.7 Å². The second kappa shape index (κ2) is 8.57. The van der Waals surface area contributed by atoms with Crippen molar-refractivity contribution in [2.75, 3.05) is 24.5 Å². The van der Waals surface area contributed by atoms with E-state index in [1.807, 2.05) is 12.3 Å². The summed E-state index contributed by atoms with van der Waals surface area (Å²) in [7, 11) is 0. The minimum Gasteiger partial charge on any atom is -0.490 e. The van der Waals surface area contributed by atoms with E-state index in [9.17, 15) is 9.18 Å². The molecule has 2 aliphatic heterocycles. The van der Waals surface area contributed by atoms with Gasteiger partial charge in [-0.2, -0.15) is 0 Å². The third kappa shape index (κ3) is 3.99. The first-order valence-corrected chi connectivity index (χ1v) is 11.9. The Balaban J connectivity index is 1.11. The van der Waals surface area contributed by atoms with Gasteiger partial charge >= 0.3 is 0 Å². The van der Waals surface area contributed by atoms with Crippen molar-refractivity contribution in [3.8, 4) is 17.2 Å². The lowest BCUT2D eigenvalue weighted by atomic mass is 9.61. The van der Waals surface area contributed by atoms with Crippen molar-refractivity contribution in [2.45, 2.75) is 38.3 Å². The third-order valence-electron chi connectivity index (χ3n) is 7.22. The zero-order chi connectivity index (χ0) is 24.0. The van der Waals surface area contributed by atoms with Crippen LogP contribution in [0.25, 0.3) is 0 Å². The Bertz CT molecular complexity index is 1270. The molecule has 0 radical (unpaired) electrons. The van der Waals surface area contributed by atoms with E-state index in [-0.39, 0.29) is 28.9 Å². The standard InChI is InChI=1S/C26H26FN5O3/c1-16-24-20(4-6-29-16)30-7-5-22(24)34-19-9-26(10-19)13-32(14-26)25-23(11-28-15-31-25)35-21-3-2-18(27)8-17(21)12-33/h2-3,5,7-8,11-12,15-16,19,29H,4,6,9-10,13-14H2,1H3. The van der Waals surface area contributed by atoms with Crippen LogP contribution in [0.2, 0.25) is 0 Å². The first-order valence-electron chi connectivity index (χ1n) is 11.9. The van der Waals surface area contributed by atoms with Gasteiger partial charge in [-0.25, -0.2) is 14.4 Å². The number of aldehydes is 1. The number of pyridine rings is 1. The van der Waals surface area contributed by atoms with Gasteiger partial charge in [-0.15, -0.1) is 0 Å². The van der Waals surface area contributed by atoms with Crippen LogP contribution in [-0.2, 0) is 6.42 Å². The molecule has 180 valence electrons. The van der Waals surface area contributed by atoms with E-state index in [0.29, 0.717) is 17.9 Å². The van der Waals surface area contributed by atoms with E-state index < -0.39 is 5.82 Å². The fraction of sp³-hybridized carbons (Fsp3) is 0.385. The zero-order valence-electron chi connectivity index (χ0n) is 19.4. The van der Waals surface area contributed by atoms with Crippen LogP contribution in [0.5, 0.6) is 17.2 Å². The summed E-state index contributed by atoms with van der Waals surface area (Å²) >= 11 is 0. The zero-order valence-corrected chi connectivity index (χ0v) is 19.4. The molecular formula is C26H26FN5O3. The fourth-order valence-electron chi connectivity index (χ4n) is 5.55. The number of carbonyl (C=O) groups is 1. The Labute approximate surface area is 202 Å². The molecule has 0 amide bonds. The molecule has 35 heavy (non-hydrogen) atoms. The van der Waals surface area contributed by atoms with Crippen LogP contribution in [0.1, 0.15) is 47.4 Å². The van der Waals surface area contributed by atoms with Crippen molar-refractivity contribution in [3.05, 3.63) is 65.6 Å². The van der Waals surface area contributed by atoms with Crippen molar-refractivity contribution in [1.29, 1.82) is 0 Å². The lowest BCUT2D eigenvalue weighted by Gasteiger charge is -2.59. The molecule has 9 heteroatoms. The van der Waals surface area contributed by atoms with Crippen molar-refractivity contribution >= 4 is 12.1 Å². The van der Waals surface area contributed by atoms with Crippen LogP contribution >= 0.6 is 0 Å². The number of nitrogens with one attached hydrogen (secondary N) is 1. The number of nitrogens with zero attached hydrogens (tertiary/aromatic N) is 4. The summed E-state index contributed by atoms with van der Waals surface area (Å²) < 4.78 is 25.8. The Hall–Kier alpha value is -3.59. The Morgan fingerprint density at radius 1 is 1.17 bits per heavy atom. The SMILES string of the molecule is CC1NCCc2nccc(OC3CC4(C3)CN(c3ncncc3Oc3ccc(F)cc3C=O)C4)c21. The minimum atomic E-state index is -0.492. The normalized spacial score (nSPS) is 20.5. The summed E-state index contributed by atoms with van der Waals surface area (Å²) in [5.41, 5.74) is 2.66. The van der Waals surface area contributed by atoms with Gasteiger partial charge in [0.15, 0.2) is 17.9 Å². The molecular weight excluding hydrogens is 449 g/mol. The van der Waals surface area contributed by atoms with Gasteiger partial charge in [0, 0.05) is 49.3 Å². The topological polar surface area (TPSA) is 89.5 Å². The molecule has 1 aliphatic carbocycles. The Kier molecular flexibility index (Phi) is 5.36. The molecule has 1 atom stereocenters. The van der Waals surface area contributed by atoms with E-state index in [4.69, 9.17) is 9.47 Å². The predicted molar refractivity (Wildman–Crippen MR) is 127 cm³/mol.